The summed E-state index contributed by atoms with van der Waals surface area (Å²) in [4.78, 5) is 26.3. The van der Waals surface area contributed by atoms with E-state index in [1.807, 2.05) is 84.9 Å². The highest BCUT2D eigenvalue weighted by Crippen LogP contribution is 2.36. The number of benzene rings is 4. The van der Waals surface area contributed by atoms with Gasteiger partial charge in [0.2, 0.25) is 0 Å². The fourth-order valence-corrected chi connectivity index (χ4v) is 5.38. The largest absolute Gasteiger partial charge is 0.477 e. The van der Waals surface area contributed by atoms with Crippen LogP contribution >= 0.6 is 15.9 Å². The second-order valence-electron chi connectivity index (χ2n) is 9.46. The molecule has 39 heavy (non-hydrogen) atoms. The third kappa shape index (κ3) is 5.62. The average molecular weight is 585 g/mol. The highest BCUT2D eigenvalue weighted by Gasteiger charge is 2.25. The Bertz CT molecular complexity index is 1640. The van der Waals surface area contributed by atoms with Crippen molar-refractivity contribution in [2.75, 3.05) is 7.11 Å². The lowest BCUT2D eigenvalue weighted by Gasteiger charge is -2.19. The summed E-state index contributed by atoms with van der Waals surface area (Å²) in [5, 5.41) is 2.59. The summed E-state index contributed by atoms with van der Waals surface area (Å²) in [5.74, 6) is 0.756. The number of ether oxygens (including phenoxy) is 2. The van der Waals surface area contributed by atoms with Crippen LogP contribution in [0.5, 0.6) is 5.75 Å². The minimum absolute atomic E-state index is 0.0574. The molecule has 0 aliphatic carbocycles. The molecule has 5 aromatic rings. The first-order valence-electron chi connectivity index (χ1n) is 13.1. The first-order valence-corrected chi connectivity index (χ1v) is 13.8. The summed E-state index contributed by atoms with van der Waals surface area (Å²) in [6.07, 6.45) is 2.26. The second kappa shape index (κ2) is 11.9. The maximum absolute atomic E-state index is 13.8. The van der Waals surface area contributed by atoms with Crippen LogP contribution in [0.2, 0.25) is 0 Å². The SMILES string of the molecule is CCCCc1oc2ccccc2c1C(=O)c1ccc2c(Br)c(OC(Cc3ccccc3)C(=O)OC)ccc2c1. The van der Waals surface area contributed by atoms with Crippen molar-refractivity contribution in [1.29, 1.82) is 0 Å². The molecule has 0 aliphatic heterocycles. The molecule has 0 fully saturated rings. The van der Waals surface area contributed by atoms with Gasteiger partial charge in [-0.15, -0.1) is 0 Å². The molecule has 4 aromatic carbocycles. The smallest absolute Gasteiger partial charge is 0.347 e. The molecule has 198 valence electrons. The number of unbranched alkanes of at least 4 members (excludes halogenated alkanes) is 1. The van der Waals surface area contributed by atoms with Gasteiger partial charge in [-0.25, -0.2) is 4.79 Å². The average Bonchev–Trinajstić information content (AvgIpc) is 3.34. The number of methoxy groups -OCH3 is 1. The lowest BCUT2D eigenvalue weighted by molar-refractivity contribution is -0.148. The summed E-state index contributed by atoms with van der Waals surface area (Å²) in [6, 6.07) is 26.7. The van der Waals surface area contributed by atoms with E-state index in [9.17, 15) is 9.59 Å². The van der Waals surface area contributed by atoms with Gasteiger partial charge in [0, 0.05) is 23.8 Å². The topological polar surface area (TPSA) is 65.7 Å². The van der Waals surface area contributed by atoms with Crippen molar-refractivity contribution >= 4 is 49.4 Å². The second-order valence-corrected chi connectivity index (χ2v) is 10.3. The van der Waals surface area contributed by atoms with Crippen molar-refractivity contribution in [2.24, 2.45) is 0 Å². The van der Waals surface area contributed by atoms with Gasteiger partial charge in [0.1, 0.15) is 17.1 Å². The predicted octanol–water partition coefficient (Wildman–Crippen LogP) is 8.09. The zero-order valence-corrected chi connectivity index (χ0v) is 23.5. The van der Waals surface area contributed by atoms with E-state index < -0.39 is 12.1 Å². The molecular weight excluding hydrogens is 556 g/mol. The number of fused-ring (bicyclic) bond motifs is 2. The van der Waals surface area contributed by atoms with E-state index in [1.165, 1.54) is 7.11 Å². The first kappa shape index (κ1) is 26.7. The normalized spacial score (nSPS) is 12.0. The molecule has 1 heterocycles. The maximum Gasteiger partial charge on any atom is 0.347 e. The van der Waals surface area contributed by atoms with Gasteiger partial charge in [-0.3, -0.25) is 4.79 Å². The first-order chi connectivity index (χ1) is 19.0. The van der Waals surface area contributed by atoms with E-state index in [0.717, 1.165) is 52.3 Å². The number of furan rings is 1. The number of hydrogen-bond acceptors (Lipinski definition) is 5. The number of esters is 1. The van der Waals surface area contributed by atoms with Crippen LogP contribution in [-0.2, 0) is 22.4 Å². The molecule has 6 heteroatoms. The van der Waals surface area contributed by atoms with E-state index in [-0.39, 0.29) is 5.78 Å². The molecule has 0 saturated carbocycles. The van der Waals surface area contributed by atoms with Crippen LogP contribution in [-0.4, -0.2) is 25.0 Å². The number of para-hydroxylation sites is 1. The Morgan fingerprint density at radius 2 is 1.69 bits per heavy atom. The van der Waals surface area contributed by atoms with E-state index in [0.29, 0.717) is 27.8 Å². The van der Waals surface area contributed by atoms with Crippen molar-refractivity contribution in [1.82, 2.24) is 0 Å². The van der Waals surface area contributed by atoms with Crippen molar-refractivity contribution in [2.45, 2.75) is 38.7 Å². The standard InChI is InChI=1S/C33H29BrO5/c1-3-4-13-27-30(25-12-8-9-14-26(25)38-27)32(35)23-15-17-24-22(20-23)16-18-28(31(24)34)39-29(33(36)37-2)19-21-10-6-5-7-11-21/h5-12,14-18,20,29H,3-4,13,19H2,1-2H3. The minimum Gasteiger partial charge on any atom is -0.477 e. The Balaban J connectivity index is 1.46. The van der Waals surface area contributed by atoms with Crippen LogP contribution in [0.3, 0.4) is 0 Å². The summed E-state index contributed by atoms with van der Waals surface area (Å²) < 4.78 is 17.9. The maximum atomic E-state index is 13.8. The summed E-state index contributed by atoms with van der Waals surface area (Å²) in [6.45, 7) is 2.12. The van der Waals surface area contributed by atoms with Crippen LogP contribution in [0.15, 0.2) is 93.8 Å². The van der Waals surface area contributed by atoms with Crippen molar-refractivity contribution in [3.63, 3.8) is 0 Å². The Morgan fingerprint density at radius 1 is 0.923 bits per heavy atom. The lowest BCUT2D eigenvalue weighted by atomic mass is 9.96. The molecule has 1 aromatic heterocycles. The molecule has 1 unspecified atom stereocenters. The van der Waals surface area contributed by atoms with Gasteiger partial charge in [0.05, 0.1) is 17.1 Å². The fraction of sp³-hybridized carbons (Fsp3) is 0.212. The van der Waals surface area contributed by atoms with E-state index in [1.54, 1.807) is 0 Å². The van der Waals surface area contributed by atoms with E-state index in [2.05, 4.69) is 22.9 Å². The molecule has 0 radical (unpaired) electrons. The molecule has 1 atom stereocenters. The van der Waals surface area contributed by atoms with Gasteiger partial charge in [-0.05, 0) is 56.9 Å². The zero-order valence-electron chi connectivity index (χ0n) is 21.9. The molecule has 0 amide bonds. The molecule has 0 aliphatic rings. The van der Waals surface area contributed by atoms with Crippen molar-refractivity contribution in [3.05, 3.63) is 112 Å². The Morgan fingerprint density at radius 3 is 2.46 bits per heavy atom. The van der Waals surface area contributed by atoms with Crippen LogP contribution in [0, 0.1) is 0 Å². The third-order valence-corrected chi connectivity index (χ3v) is 7.65. The van der Waals surface area contributed by atoms with Gasteiger partial charge in [0.25, 0.3) is 0 Å². The number of ketones is 1. The summed E-state index contributed by atoms with van der Waals surface area (Å²) in [5.41, 5.74) is 2.93. The summed E-state index contributed by atoms with van der Waals surface area (Å²) >= 11 is 3.66. The quantitative estimate of drug-likeness (QED) is 0.122. The van der Waals surface area contributed by atoms with Crippen LogP contribution in [0.4, 0.5) is 0 Å². The molecular formula is C33H29BrO5. The molecule has 0 N–H and O–H groups in total. The number of aryl methyl sites for hydroxylation is 1. The minimum atomic E-state index is -0.803. The Labute approximate surface area is 235 Å². The Kier molecular flexibility index (Phi) is 8.13. The molecule has 0 saturated heterocycles. The van der Waals surface area contributed by atoms with E-state index in [4.69, 9.17) is 13.9 Å². The molecule has 5 nitrogen and oxygen atoms in total. The molecule has 5 rings (SSSR count). The number of carbonyl (C=O) groups is 2. The van der Waals surface area contributed by atoms with E-state index >= 15 is 0 Å². The summed E-state index contributed by atoms with van der Waals surface area (Å²) in [7, 11) is 1.36. The van der Waals surface area contributed by atoms with Crippen LogP contribution in [0.25, 0.3) is 21.7 Å². The fourth-order valence-electron chi connectivity index (χ4n) is 4.79. The lowest BCUT2D eigenvalue weighted by Crippen LogP contribution is -2.31. The van der Waals surface area contributed by atoms with Gasteiger partial charge >= 0.3 is 5.97 Å². The number of carbonyl (C=O) groups excluding carboxylic acids is 2. The number of rotatable bonds is 10. The van der Waals surface area contributed by atoms with Gasteiger partial charge in [-0.1, -0.05) is 80.1 Å². The molecule has 0 bridgehead atoms. The Hall–Kier alpha value is -3.90. The van der Waals surface area contributed by atoms with Crippen molar-refractivity contribution < 1.29 is 23.5 Å². The monoisotopic (exact) mass is 584 g/mol. The highest BCUT2D eigenvalue weighted by atomic mass is 79.9. The zero-order chi connectivity index (χ0) is 27.4. The van der Waals surface area contributed by atoms with Crippen LogP contribution < -0.4 is 4.74 Å². The number of hydrogen-bond donors (Lipinski definition) is 0. The van der Waals surface area contributed by atoms with Gasteiger partial charge < -0.3 is 13.9 Å². The third-order valence-electron chi connectivity index (χ3n) is 6.83. The van der Waals surface area contributed by atoms with Crippen molar-refractivity contribution in [3.8, 4) is 5.75 Å². The molecule has 0 spiro atoms. The van der Waals surface area contributed by atoms with Gasteiger partial charge in [0.15, 0.2) is 11.9 Å². The predicted molar refractivity (Wildman–Crippen MR) is 156 cm³/mol. The van der Waals surface area contributed by atoms with Gasteiger partial charge in [-0.2, -0.15) is 0 Å². The van der Waals surface area contributed by atoms with Crippen LogP contribution in [0.1, 0.15) is 47.0 Å². The number of halogens is 1. The highest BCUT2D eigenvalue weighted by molar-refractivity contribution is 9.10.